The Morgan fingerprint density at radius 1 is 1.44 bits per heavy atom. The van der Waals surface area contributed by atoms with Crippen LogP contribution in [0.2, 0.25) is 0 Å². The molecule has 0 saturated carbocycles. The fourth-order valence-corrected chi connectivity index (χ4v) is 3.83. The zero-order chi connectivity index (χ0) is 19.0. The molecule has 2 heterocycles. The molecule has 0 saturated heterocycles. The molecule has 0 amide bonds. The van der Waals surface area contributed by atoms with Crippen LogP contribution >= 0.6 is 0 Å². The summed E-state index contributed by atoms with van der Waals surface area (Å²) in [6.07, 6.45) is 4.19. The Kier molecular flexibility index (Phi) is 4.49. The molecule has 140 valence electrons. The summed E-state index contributed by atoms with van der Waals surface area (Å²) in [6.45, 7) is 5.01. The fraction of sp³-hybridized carbons (Fsp3) is 0.368. The SMILES string of the molecule is C=CCn1nc(C(=O)O)c2c1CC[C@@H](N(C)Cc1ccc3nonc3c1)C2. The quantitative estimate of drug-likeness (QED) is 0.668. The van der Waals surface area contributed by atoms with Gasteiger partial charge in [-0.3, -0.25) is 9.58 Å². The lowest BCUT2D eigenvalue weighted by Gasteiger charge is -2.31. The Labute approximate surface area is 156 Å². The maximum Gasteiger partial charge on any atom is 0.356 e. The van der Waals surface area contributed by atoms with Crippen LogP contribution in [0.3, 0.4) is 0 Å². The number of aromatic carboxylic acids is 1. The van der Waals surface area contributed by atoms with Gasteiger partial charge in [0, 0.05) is 23.8 Å². The Morgan fingerprint density at radius 2 is 2.26 bits per heavy atom. The van der Waals surface area contributed by atoms with E-state index < -0.39 is 5.97 Å². The van der Waals surface area contributed by atoms with Gasteiger partial charge in [0.25, 0.3) is 0 Å². The number of benzene rings is 1. The number of rotatable bonds is 6. The molecule has 0 fully saturated rings. The summed E-state index contributed by atoms with van der Waals surface area (Å²) in [6, 6.07) is 6.14. The van der Waals surface area contributed by atoms with Crippen molar-refractivity contribution in [3.05, 3.63) is 53.4 Å². The van der Waals surface area contributed by atoms with Crippen LogP contribution < -0.4 is 0 Å². The van der Waals surface area contributed by atoms with E-state index in [9.17, 15) is 9.90 Å². The van der Waals surface area contributed by atoms with Crippen molar-refractivity contribution < 1.29 is 14.5 Å². The standard InChI is InChI=1S/C19H21N5O3/c1-3-8-24-17-7-5-13(10-14(17)18(20-24)19(25)26)23(2)11-12-4-6-15-16(9-12)22-27-21-15/h3-4,6,9,13H,1,5,7-8,10-11H2,2H3,(H,25,26)/t13-/m1/s1. The first-order chi connectivity index (χ1) is 13.1. The first-order valence-electron chi connectivity index (χ1n) is 8.91. The highest BCUT2D eigenvalue weighted by atomic mass is 16.6. The van der Waals surface area contributed by atoms with Crippen molar-refractivity contribution in [2.24, 2.45) is 0 Å². The summed E-state index contributed by atoms with van der Waals surface area (Å²) in [4.78, 5) is 13.9. The van der Waals surface area contributed by atoms with Gasteiger partial charge < -0.3 is 5.11 Å². The van der Waals surface area contributed by atoms with Gasteiger partial charge >= 0.3 is 5.97 Å². The van der Waals surface area contributed by atoms with Crippen LogP contribution in [0.25, 0.3) is 11.0 Å². The van der Waals surface area contributed by atoms with Crippen LogP contribution in [0.15, 0.2) is 35.5 Å². The van der Waals surface area contributed by atoms with Crippen LogP contribution in [0.5, 0.6) is 0 Å². The van der Waals surface area contributed by atoms with Gasteiger partial charge in [0.2, 0.25) is 0 Å². The second-order valence-electron chi connectivity index (χ2n) is 6.95. The van der Waals surface area contributed by atoms with E-state index in [4.69, 9.17) is 4.63 Å². The zero-order valence-electron chi connectivity index (χ0n) is 15.1. The van der Waals surface area contributed by atoms with E-state index in [0.29, 0.717) is 13.0 Å². The van der Waals surface area contributed by atoms with E-state index in [1.807, 2.05) is 18.2 Å². The number of hydrogen-bond donors (Lipinski definition) is 1. The minimum Gasteiger partial charge on any atom is -0.476 e. The predicted octanol–water partition coefficient (Wildman–Crippen LogP) is 2.29. The van der Waals surface area contributed by atoms with Gasteiger partial charge in [-0.1, -0.05) is 12.1 Å². The van der Waals surface area contributed by atoms with E-state index in [1.54, 1.807) is 10.8 Å². The molecule has 0 radical (unpaired) electrons. The maximum atomic E-state index is 11.6. The lowest BCUT2D eigenvalue weighted by atomic mass is 9.90. The van der Waals surface area contributed by atoms with Crippen LogP contribution in [-0.2, 0) is 25.9 Å². The van der Waals surface area contributed by atoms with Crippen LogP contribution in [-0.4, -0.2) is 49.2 Å². The van der Waals surface area contributed by atoms with Gasteiger partial charge in [-0.05, 0) is 54.3 Å². The lowest BCUT2D eigenvalue weighted by molar-refractivity contribution is 0.0687. The first-order valence-corrected chi connectivity index (χ1v) is 8.91. The molecule has 0 spiro atoms. The molecule has 4 rings (SSSR count). The average Bonchev–Trinajstić information content (AvgIpc) is 3.26. The second kappa shape index (κ2) is 6.96. The molecule has 27 heavy (non-hydrogen) atoms. The number of nitrogens with zero attached hydrogens (tertiary/aromatic N) is 5. The molecule has 2 aromatic heterocycles. The average molecular weight is 367 g/mol. The van der Waals surface area contributed by atoms with Crippen molar-refractivity contribution in [3.8, 4) is 0 Å². The topological polar surface area (TPSA) is 97.3 Å². The smallest absolute Gasteiger partial charge is 0.356 e. The molecule has 1 atom stereocenters. The van der Waals surface area contributed by atoms with Crippen molar-refractivity contribution in [1.82, 2.24) is 25.0 Å². The van der Waals surface area contributed by atoms with Gasteiger partial charge in [-0.2, -0.15) is 5.10 Å². The molecular weight excluding hydrogens is 346 g/mol. The summed E-state index contributed by atoms with van der Waals surface area (Å²) in [5, 5.41) is 21.5. The van der Waals surface area contributed by atoms with Crippen LogP contribution in [0, 0.1) is 0 Å². The third-order valence-corrected chi connectivity index (χ3v) is 5.20. The summed E-state index contributed by atoms with van der Waals surface area (Å²) < 4.78 is 6.52. The molecule has 1 aromatic carbocycles. The predicted molar refractivity (Wildman–Crippen MR) is 98.5 cm³/mol. The number of hydrogen-bond acceptors (Lipinski definition) is 6. The van der Waals surface area contributed by atoms with E-state index in [-0.39, 0.29) is 11.7 Å². The minimum atomic E-state index is -0.971. The first kappa shape index (κ1) is 17.4. The largest absolute Gasteiger partial charge is 0.476 e. The normalized spacial score (nSPS) is 16.6. The monoisotopic (exact) mass is 367 g/mol. The van der Waals surface area contributed by atoms with E-state index >= 15 is 0 Å². The van der Waals surface area contributed by atoms with Crippen molar-refractivity contribution in [2.75, 3.05) is 7.05 Å². The minimum absolute atomic E-state index is 0.167. The van der Waals surface area contributed by atoms with E-state index in [2.05, 4.69) is 33.9 Å². The molecule has 1 aliphatic rings. The maximum absolute atomic E-state index is 11.6. The fourth-order valence-electron chi connectivity index (χ4n) is 3.83. The number of carboxylic acids is 1. The Morgan fingerprint density at radius 3 is 3.04 bits per heavy atom. The molecule has 1 N–H and O–H groups in total. The molecule has 0 unspecified atom stereocenters. The number of allylic oxidation sites excluding steroid dienone is 1. The van der Waals surface area contributed by atoms with Gasteiger partial charge in [-0.25, -0.2) is 9.42 Å². The molecule has 1 aliphatic carbocycles. The second-order valence-corrected chi connectivity index (χ2v) is 6.95. The highest BCUT2D eigenvalue weighted by Crippen LogP contribution is 2.28. The molecule has 8 nitrogen and oxygen atoms in total. The van der Waals surface area contributed by atoms with Crippen LogP contribution in [0.1, 0.15) is 33.7 Å². The molecule has 0 aliphatic heterocycles. The molecule has 3 aromatic rings. The van der Waals surface area contributed by atoms with Crippen LogP contribution in [0.4, 0.5) is 0 Å². The Balaban J connectivity index is 1.54. The van der Waals surface area contributed by atoms with Gasteiger partial charge in [-0.15, -0.1) is 6.58 Å². The highest BCUT2D eigenvalue weighted by molar-refractivity contribution is 5.87. The summed E-state index contributed by atoms with van der Waals surface area (Å²) in [5.41, 5.74) is 4.64. The van der Waals surface area contributed by atoms with Crippen molar-refractivity contribution >= 4 is 17.0 Å². The highest BCUT2D eigenvalue weighted by Gasteiger charge is 2.30. The lowest BCUT2D eigenvalue weighted by Crippen LogP contribution is -2.36. The summed E-state index contributed by atoms with van der Waals surface area (Å²) >= 11 is 0. The number of fused-ring (bicyclic) bond motifs is 2. The third kappa shape index (κ3) is 3.23. The molecule has 0 bridgehead atoms. The third-order valence-electron chi connectivity index (χ3n) is 5.20. The Hall–Kier alpha value is -3.00. The summed E-state index contributed by atoms with van der Waals surface area (Å²) in [7, 11) is 2.06. The van der Waals surface area contributed by atoms with Gasteiger partial charge in [0.1, 0.15) is 11.0 Å². The van der Waals surface area contributed by atoms with Gasteiger partial charge in [0.15, 0.2) is 5.69 Å². The van der Waals surface area contributed by atoms with Gasteiger partial charge in [0.05, 0.1) is 6.54 Å². The number of carbonyl (C=O) groups is 1. The van der Waals surface area contributed by atoms with Crippen molar-refractivity contribution in [2.45, 2.75) is 38.4 Å². The Bertz CT molecular complexity index is 1010. The van der Waals surface area contributed by atoms with Crippen molar-refractivity contribution in [1.29, 1.82) is 0 Å². The molecule has 8 heteroatoms. The zero-order valence-corrected chi connectivity index (χ0v) is 15.1. The van der Waals surface area contributed by atoms with E-state index in [1.165, 1.54) is 0 Å². The number of carboxylic acid groups (broad SMARTS) is 1. The van der Waals surface area contributed by atoms with Crippen molar-refractivity contribution in [3.63, 3.8) is 0 Å². The number of likely N-dealkylation sites (N-methyl/N-ethyl adjacent to an activating group) is 1. The summed E-state index contributed by atoms with van der Waals surface area (Å²) in [5.74, 6) is -0.971. The van der Waals surface area contributed by atoms with E-state index in [0.717, 1.165) is 47.2 Å². The number of aromatic nitrogens is 4. The molecular formula is C19H21N5O3.